The van der Waals surface area contributed by atoms with Gasteiger partial charge in [-0.3, -0.25) is 14.6 Å². The minimum absolute atomic E-state index is 0. The maximum absolute atomic E-state index is 11.1. The Morgan fingerprint density at radius 3 is 2.29 bits per heavy atom. The molecule has 1 aliphatic heterocycles. The Hall–Kier alpha value is -0.850. The zero-order valence-corrected chi connectivity index (χ0v) is 9.94. The summed E-state index contributed by atoms with van der Waals surface area (Å²) >= 11 is 0. The summed E-state index contributed by atoms with van der Waals surface area (Å²) in [5.41, 5.74) is -0.0359. The van der Waals surface area contributed by atoms with Gasteiger partial charge in [-0.05, 0) is 0 Å². The van der Waals surface area contributed by atoms with E-state index in [1.165, 1.54) is 7.05 Å². The Bertz CT molecular complexity index is 315. The number of rotatable bonds is 2. The van der Waals surface area contributed by atoms with Crippen molar-refractivity contribution < 1.29 is 49.0 Å². The molecule has 70 valence electrons. The zero-order chi connectivity index (χ0) is 10.2. The first kappa shape index (κ1) is 13.2. The minimum atomic E-state index is -1.48. The number of nitrogens with zero attached hydrogens (tertiary/aromatic N) is 2. The first-order valence-electron chi connectivity index (χ1n) is 3.43. The third kappa shape index (κ3) is 2.14. The van der Waals surface area contributed by atoms with Crippen LogP contribution in [0.25, 0.3) is 0 Å². The van der Waals surface area contributed by atoms with Crippen molar-refractivity contribution in [3.05, 3.63) is 12.3 Å². The van der Waals surface area contributed by atoms with E-state index >= 15 is 0 Å². The Balaban J connectivity index is 0.00000169. The molecule has 1 rings (SSSR count). The molecule has 1 heterocycles. The molecule has 0 bridgehead atoms. The van der Waals surface area contributed by atoms with Gasteiger partial charge in [-0.2, -0.15) is 0 Å². The van der Waals surface area contributed by atoms with E-state index in [2.05, 4.69) is 6.58 Å². The van der Waals surface area contributed by atoms with Crippen LogP contribution in [-0.2, 0) is 9.59 Å². The van der Waals surface area contributed by atoms with Crippen LogP contribution in [0, 0.1) is 0 Å². The molecule has 14 heavy (non-hydrogen) atoms. The summed E-state index contributed by atoms with van der Waals surface area (Å²) in [6.45, 7) is 2.59. The molecular formula is C7H7N2NaO4. The van der Waals surface area contributed by atoms with Gasteiger partial charge in [-0.25, -0.2) is 4.79 Å². The van der Waals surface area contributed by atoms with Crippen LogP contribution >= 0.6 is 0 Å². The molecule has 1 aliphatic rings. The predicted molar refractivity (Wildman–Crippen MR) is 39.0 cm³/mol. The number of amides is 3. The fourth-order valence-electron chi connectivity index (χ4n) is 0.951. The number of carboxylic acid groups (broad SMARTS) is 1. The first-order chi connectivity index (χ1) is 5.95. The van der Waals surface area contributed by atoms with Crippen LogP contribution in [0.15, 0.2) is 12.3 Å². The summed E-state index contributed by atoms with van der Waals surface area (Å²) in [4.78, 5) is 34.0. The van der Waals surface area contributed by atoms with Gasteiger partial charge in [-0.1, -0.05) is 6.58 Å². The number of hydrogen-bond donors (Lipinski definition) is 0. The number of likely N-dealkylation sites (N-methyl/N-ethyl adjacent to an activating group) is 1. The van der Waals surface area contributed by atoms with Crippen LogP contribution in [0.2, 0.25) is 0 Å². The van der Waals surface area contributed by atoms with E-state index in [0.29, 0.717) is 4.90 Å². The van der Waals surface area contributed by atoms with Gasteiger partial charge < -0.3 is 9.90 Å². The third-order valence-corrected chi connectivity index (χ3v) is 1.70. The molecule has 0 aromatic rings. The predicted octanol–water partition coefficient (Wildman–Crippen LogP) is -4.85. The van der Waals surface area contributed by atoms with Crippen LogP contribution in [0.1, 0.15) is 0 Å². The maximum Gasteiger partial charge on any atom is 1.00 e. The van der Waals surface area contributed by atoms with Crippen molar-refractivity contribution in [2.24, 2.45) is 0 Å². The van der Waals surface area contributed by atoms with E-state index < -0.39 is 24.5 Å². The molecule has 0 unspecified atom stereocenters. The van der Waals surface area contributed by atoms with Gasteiger partial charge in [0.25, 0.3) is 5.91 Å². The summed E-state index contributed by atoms with van der Waals surface area (Å²) in [5, 5.41) is 10.2. The summed E-state index contributed by atoms with van der Waals surface area (Å²) in [6, 6.07) is -0.695. The van der Waals surface area contributed by atoms with Crippen molar-refractivity contribution in [1.29, 1.82) is 0 Å². The van der Waals surface area contributed by atoms with E-state index in [1.807, 2.05) is 0 Å². The van der Waals surface area contributed by atoms with E-state index in [-0.39, 0.29) is 35.3 Å². The van der Waals surface area contributed by atoms with Gasteiger partial charge in [0.15, 0.2) is 0 Å². The number of carbonyl (C=O) groups is 3. The minimum Gasteiger partial charge on any atom is -0.548 e. The second-order valence-corrected chi connectivity index (χ2v) is 2.55. The molecule has 0 aromatic carbocycles. The second-order valence-electron chi connectivity index (χ2n) is 2.55. The first-order valence-corrected chi connectivity index (χ1v) is 3.43. The summed E-state index contributed by atoms with van der Waals surface area (Å²) in [5.74, 6) is -2.18. The van der Waals surface area contributed by atoms with E-state index in [4.69, 9.17) is 0 Å². The van der Waals surface area contributed by atoms with Crippen LogP contribution in [0.3, 0.4) is 0 Å². The molecule has 0 saturated carbocycles. The molecule has 0 aromatic heterocycles. The molecule has 0 N–H and O–H groups in total. The summed E-state index contributed by atoms with van der Waals surface area (Å²) in [6.07, 6.45) is 0. The largest absolute Gasteiger partial charge is 1.00 e. The molecule has 0 spiro atoms. The summed E-state index contributed by atoms with van der Waals surface area (Å²) in [7, 11) is 1.35. The number of imide groups is 1. The standard InChI is InChI=1S/C7H8N2O4.Na/c1-4-6(12)9(3-5(10)11)7(13)8(4)2;/h1,3H2,2H3,(H,10,11);/q;+1/p-1. The van der Waals surface area contributed by atoms with Crippen molar-refractivity contribution >= 4 is 17.9 Å². The fraction of sp³-hybridized carbons (Fsp3) is 0.286. The Kier molecular flexibility index (Phi) is 4.31. The van der Waals surface area contributed by atoms with E-state index in [1.54, 1.807) is 0 Å². The molecule has 7 heteroatoms. The molecule has 0 radical (unpaired) electrons. The maximum atomic E-state index is 11.1. The van der Waals surface area contributed by atoms with Gasteiger partial charge in [0, 0.05) is 7.05 Å². The normalized spacial score (nSPS) is 15.9. The molecular weight excluding hydrogens is 199 g/mol. The van der Waals surface area contributed by atoms with Crippen molar-refractivity contribution in [1.82, 2.24) is 9.80 Å². The number of hydrogen-bond acceptors (Lipinski definition) is 4. The van der Waals surface area contributed by atoms with Crippen LogP contribution < -0.4 is 34.7 Å². The molecule has 6 nitrogen and oxygen atoms in total. The quantitative estimate of drug-likeness (QED) is 0.258. The van der Waals surface area contributed by atoms with Crippen LogP contribution in [0.5, 0.6) is 0 Å². The summed E-state index contributed by atoms with van der Waals surface area (Å²) < 4.78 is 0. The molecule has 1 saturated heterocycles. The van der Waals surface area contributed by atoms with Crippen molar-refractivity contribution in [2.75, 3.05) is 13.6 Å². The second kappa shape index (κ2) is 4.59. The average Bonchev–Trinajstić information content (AvgIpc) is 2.22. The van der Waals surface area contributed by atoms with Gasteiger partial charge in [-0.15, -0.1) is 0 Å². The van der Waals surface area contributed by atoms with Gasteiger partial charge in [0.05, 0.1) is 12.5 Å². The average molecular weight is 206 g/mol. The van der Waals surface area contributed by atoms with Crippen molar-refractivity contribution in [3.8, 4) is 0 Å². The van der Waals surface area contributed by atoms with Crippen molar-refractivity contribution in [2.45, 2.75) is 0 Å². The fourth-order valence-corrected chi connectivity index (χ4v) is 0.951. The molecule has 3 amide bonds. The number of urea groups is 1. The Morgan fingerprint density at radius 2 is 2.00 bits per heavy atom. The topological polar surface area (TPSA) is 80.7 Å². The monoisotopic (exact) mass is 206 g/mol. The van der Waals surface area contributed by atoms with Gasteiger partial charge >= 0.3 is 35.6 Å². The number of carbonyl (C=O) groups excluding carboxylic acids is 3. The van der Waals surface area contributed by atoms with Crippen LogP contribution in [0.4, 0.5) is 4.79 Å². The van der Waals surface area contributed by atoms with Gasteiger partial charge in [0.1, 0.15) is 5.70 Å². The van der Waals surface area contributed by atoms with Crippen LogP contribution in [-0.4, -0.2) is 41.3 Å². The Labute approximate surface area is 102 Å². The molecule has 0 atom stereocenters. The smallest absolute Gasteiger partial charge is 0.548 e. The van der Waals surface area contributed by atoms with E-state index in [9.17, 15) is 19.5 Å². The number of carboxylic acids is 1. The zero-order valence-electron chi connectivity index (χ0n) is 7.94. The van der Waals surface area contributed by atoms with E-state index in [0.717, 1.165) is 4.90 Å². The SMILES string of the molecule is C=C1C(=O)N(CC(=O)[O-])C(=O)N1C.[Na+]. The van der Waals surface area contributed by atoms with Gasteiger partial charge in [0.2, 0.25) is 0 Å². The van der Waals surface area contributed by atoms with Crippen molar-refractivity contribution in [3.63, 3.8) is 0 Å². The number of aliphatic carboxylic acids is 1. The third-order valence-electron chi connectivity index (χ3n) is 1.70. The molecule has 1 fully saturated rings. The molecule has 0 aliphatic carbocycles. The Morgan fingerprint density at radius 1 is 1.50 bits per heavy atom.